The second-order valence-corrected chi connectivity index (χ2v) is 4.25. The van der Waals surface area contributed by atoms with E-state index >= 15 is 0 Å². The van der Waals surface area contributed by atoms with Gasteiger partial charge in [0.25, 0.3) is 0 Å². The second kappa shape index (κ2) is 6.59. The Balaban J connectivity index is 2.78. The third-order valence-electron chi connectivity index (χ3n) is 3.02. The Hall–Kier alpha value is -1.10. The molecule has 0 aliphatic rings. The molecule has 5 heteroatoms. The lowest BCUT2D eigenvalue weighted by Gasteiger charge is -2.24. The largest absolute Gasteiger partial charge is 0.406 e. The number of rotatable bonds is 7. The first-order chi connectivity index (χ1) is 8.13. The molecule has 0 aliphatic carbocycles. The molecule has 0 amide bonds. The summed E-state index contributed by atoms with van der Waals surface area (Å²) in [5.41, 5.74) is 0. The molecular formula is C12H24N4O. The number of hydrogen-bond donors (Lipinski definition) is 1. The molecule has 0 fully saturated rings. The van der Waals surface area contributed by atoms with Crippen LogP contribution in [-0.2, 0) is 0 Å². The van der Waals surface area contributed by atoms with Gasteiger partial charge in [-0.2, -0.15) is 0 Å². The number of nitrogens with zero attached hydrogens (tertiary/aromatic N) is 3. The number of nitrogens with one attached hydrogen (secondary N) is 1. The first kappa shape index (κ1) is 14.0. The summed E-state index contributed by atoms with van der Waals surface area (Å²) in [4.78, 5) is 2.13. The molecule has 0 radical (unpaired) electrons. The van der Waals surface area contributed by atoms with E-state index < -0.39 is 0 Å². The molecule has 1 aromatic heterocycles. The highest BCUT2D eigenvalue weighted by atomic mass is 16.4. The van der Waals surface area contributed by atoms with E-state index in [1.54, 1.807) is 0 Å². The third-order valence-corrected chi connectivity index (χ3v) is 3.02. The Labute approximate surface area is 104 Å². The van der Waals surface area contributed by atoms with E-state index in [-0.39, 0.29) is 6.04 Å². The van der Waals surface area contributed by atoms with E-state index in [0.717, 1.165) is 19.5 Å². The van der Waals surface area contributed by atoms with Crippen molar-refractivity contribution in [2.24, 2.45) is 0 Å². The molecular weight excluding hydrogens is 216 g/mol. The first-order valence-corrected chi connectivity index (χ1v) is 6.47. The van der Waals surface area contributed by atoms with Gasteiger partial charge in [0.1, 0.15) is 0 Å². The average molecular weight is 240 g/mol. The molecule has 0 bridgehead atoms. The molecule has 0 aromatic carbocycles. The van der Waals surface area contributed by atoms with Crippen LogP contribution in [-0.4, -0.2) is 29.3 Å². The highest BCUT2D eigenvalue weighted by Gasteiger charge is 2.19. The Morgan fingerprint density at radius 1 is 1.24 bits per heavy atom. The van der Waals surface area contributed by atoms with Gasteiger partial charge in [-0.15, -0.1) is 5.10 Å². The van der Waals surface area contributed by atoms with E-state index in [0.29, 0.717) is 17.9 Å². The van der Waals surface area contributed by atoms with Gasteiger partial charge in [0.2, 0.25) is 5.89 Å². The summed E-state index contributed by atoms with van der Waals surface area (Å²) in [7, 11) is 0. The lowest BCUT2D eigenvalue weighted by Crippen LogP contribution is -2.32. The van der Waals surface area contributed by atoms with Crippen LogP contribution in [0, 0.1) is 0 Å². The van der Waals surface area contributed by atoms with Crippen LogP contribution in [0.4, 0.5) is 6.01 Å². The Morgan fingerprint density at radius 2 is 1.94 bits per heavy atom. The zero-order chi connectivity index (χ0) is 12.8. The standard InChI is InChI=1S/C12H24N4O/c1-6-9(4)16(8-3)12-15-14-11(17-12)10(5)13-7-2/h9-10,13H,6-8H2,1-5H3. The quantitative estimate of drug-likeness (QED) is 0.793. The lowest BCUT2D eigenvalue weighted by atomic mass is 10.2. The van der Waals surface area contributed by atoms with Gasteiger partial charge in [0.15, 0.2) is 0 Å². The van der Waals surface area contributed by atoms with Gasteiger partial charge in [0.05, 0.1) is 6.04 Å². The summed E-state index contributed by atoms with van der Waals surface area (Å²) in [6, 6.07) is 1.15. The number of hydrogen-bond acceptors (Lipinski definition) is 5. The molecule has 2 atom stereocenters. The van der Waals surface area contributed by atoms with Crippen LogP contribution < -0.4 is 10.2 Å². The van der Waals surface area contributed by atoms with E-state index in [2.05, 4.69) is 48.1 Å². The van der Waals surface area contributed by atoms with Crippen molar-refractivity contribution < 1.29 is 4.42 Å². The number of anilines is 1. The molecule has 1 rings (SSSR count). The van der Waals surface area contributed by atoms with Crippen LogP contribution in [0.2, 0.25) is 0 Å². The minimum Gasteiger partial charge on any atom is -0.406 e. The normalized spacial score (nSPS) is 14.6. The van der Waals surface area contributed by atoms with Gasteiger partial charge < -0.3 is 14.6 Å². The van der Waals surface area contributed by atoms with Crippen molar-refractivity contribution >= 4 is 6.01 Å². The van der Waals surface area contributed by atoms with Gasteiger partial charge in [-0.05, 0) is 33.7 Å². The van der Waals surface area contributed by atoms with Crippen LogP contribution in [0.15, 0.2) is 4.42 Å². The van der Waals surface area contributed by atoms with Crippen LogP contribution in [0.5, 0.6) is 0 Å². The molecule has 0 saturated carbocycles. The minimum absolute atomic E-state index is 0.108. The molecule has 1 aromatic rings. The topological polar surface area (TPSA) is 54.2 Å². The lowest BCUT2D eigenvalue weighted by molar-refractivity contribution is 0.412. The van der Waals surface area contributed by atoms with E-state index in [4.69, 9.17) is 4.42 Å². The summed E-state index contributed by atoms with van der Waals surface area (Å²) in [5, 5.41) is 11.5. The predicted molar refractivity (Wildman–Crippen MR) is 69.2 cm³/mol. The Kier molecular flexibility index (Phi) is 5.41. The van der Waals surface area contributed by atoms with Crippen molar-refractivity contribution in [1.82, 2.24) is 15.5 Å². The summed E-state index contributed by atoms with van der Waals surface area (Å²) >= 11 is 0. The van der Waals surface area contributed by atoms with Crippen molar-refractivity contribution in [3.8, 4) is 0 Å². The van der Waals surface area contributed by atoms with Gasteiger partial charge >= 0.3 is 6.01 Å². The Bertz CT molecular complexity index is 326. The summed E-state index contributed by atoms with van der Waals surface area (Å²) < 4.78 is 5.72. The molecule has 1 N–H and O–H groups in total. The highest BCUT2D eigenvalue weighted by molar-refractivity contribution is 5.25. The van der Waals surface area contributed by atoms with Gasteiger partial charge in [-0.25, -0.2) is 0 Å². The van der Waals surface area contributed by atoms with Crippen LogP contribution in [0.1, 0.15) is 53.0 Å². The van der Waals surface area contributed by atoms with Gasteiger partial charge in [0, 0.05) is 12.6 Å². The molecule has 98 valence electrons. The fourth-order valence-corrected chi connectivity index (χ4v) is 1.77. The summed E-state index contributed by atoms with van der Waals surface area (Å²) in [6.45, 7) is 12.3. The zero-order valence-corrected chi connectivity index (χ0v) is 11.5. The fraction of sp³-hybridized carbons (Fsp3) is 0.833. The molecule has 5 nitrogen and oxygen atoms in total. The molecule has 1 heterocycles. The highest BCUT2D eigenvalue weighted by Crippen LogP contribution is 2.19. The van der Waals surface area contributed by atoms with Crippen LogP contribution in [0.3, 0.4) is 0 Å². The number of aromatic nitrogens is 2. The monoisotopic (exact) mass is 240 g/mol. The van der Waals surface area contributed by atoms with Crippen molar-refractivity contribution in [1.29, 1.82) is 0 Å². The maximum absolute atomic E-state index is 5.72. The first-order valence-electron chi connectivity index (χ1n) is 6.47. The zero-order valence-electron chi connectivity index (χ0n) is 11.5. The smallest absolute Gasteiger partial charge is 0.318 e. The van der Waals surface area contributed by atoms with E-state index in [9.17, 15) is 0 Å². The van der Waals surface area contributed by atoms with Crippen molar-refractivity contribution in [2.75, 3.05) is 18.0 Å². The van der Waals surface area contributed by atoms with E-state index in [1.807, 2.05) is 6.92 Å². The average Bonchev–Trinajstić information content (AvgIpc) is 2.79. The summed E-state index contributed by atoms with van der Waals surface area (Å²) in [6.07, 6.45) is 1.06. The molecule has 2 unspecified atom stereocenters. The molecule has 0 saturated heterocycles. The molecule has 0 aliphatic heterocycles. The molecule has 0 spiro atoms. The van der Waals surface area contributed by atoms with Crippen LogP contribution in [0.25, 0.3) is 0 Å². The minimum atomic E-state index is 0.108. The SMILES string of the molecule is CCNC(C)c1nnc(N(CC)C(C)CC)o1. The summed E-state index contributed by atoms with van der Waals surface area (Å²) in [5.74, 6) is 0.656. The predicted octanol–water partition coefficient (Wildman–Crippen LogP) is 2.36. The van der Waals surface area contributed by atoms with Gasteiger partial charge in [-0.1, -0.05) is 18.9 Å². The maximum atomic E-state index is 5.72. The fourth-order valence-electron chi connectivity index (χ4n) is 1.77. The second-order valence-electron chi connectivity index (χ2n) is 4.25. The Morgan fingerprint density at radius 3 is 2.47 bits per heavy atom. The van der Waals surface area contributed by atoms with E-state index in [1.165, 1.54) is 0 Å². The van der Waals surface area contributed by atoms with Crippen LogP contribution >= 0.6 is 0 Å². The molecule has 17 heavy (non-hydrogen) atoms. The van der Waals surface area contributed by atoms with Crippen molar-refractivity contribution in [3.05, 3.63) is 5.89 Å². The van der Waals surface area contributed by atoms with Gasteiger partial charge in [-0.3, -0.25) is 0 Å². The van der Waals surface area contributed by atoms with Crippen molar-refractivity contribution in [3.63, 3.8) is 0 Å². The third kappa shape index (κ3) is 3.43. The van der Waals surface area contributed by atoms with Crippen molar-refractivity contribution in [2.45, 2.75) is 53.1 Å². The maximum Gasteiger partial charge on any atom is 0.318 e.